The minimum atomic E-state index is -0.609. The lowest BCUT2D eigenvalue weighted by Gasteiger charge is -2.29. The summed E-state index contributed by atoms with van der Waals surface area (Å²) in [5.74, 6) is -0.515. The number of anilines is 2. The fourth-order valence-corrected chi connectivity index (χ4v) is 2.87. The molecule has 3 rings (SSSR count). The van der Waals surface area contributed by atoms with Gasteiger partial charge in [0.25, 0.3) is 5.91 Å². The van der Waals surface area contributed by atoms with Crippen LogP contribution in [0.3, 0.4) is 0 Å². The summed E-state index contributed by atoms with van der Waals surface area (Å²) in [6.45, 7) is 6.17. The Hall–Kier alpha value is -3.28. The molecule has 0 aromatic heterocycles. The number of benzene rings is 2. The van der Waals surface area contributed by atoms with E-state index in [-0.39, 0.29) is 17.7 Å². The molecule has 0 aliphatic carbocycles. The van der Waals surface area contributed by atoms with Crippen LogP contribution >= 0.6 is 0 Å². The summed E-state index contributed by atoms with van der Waals surface area (Å²) < 4.78 is 5.78. The minimum Gasteiger partial charge on any atom is -0.449 e. The fraction of sp³-hybridized carbons (Fsp3) is 0.238. The third-order valence-electron chi connectivity index (χ3n) is 4.34. The van der Waals surface area contributed by atoms with E-state index in [1.807, 2.05) is 24.3 Å². The number of rotatable bonds is 3. The number of primary amides is 1. The van der Waals surface area contributed by atoms with Gasteiger partial charge in [0.15, 0.2) is 11.5 Å². The minimum absolute atomic E-state index is 0.0393. The van der Waals surface area contributed by atoms with E-state index in [1.165, 1.54) is 10.5 Å². The van der Waals surface area contributed by atoms with Gasteiger partial charge in [0.2, 0.25) is 5.91 Å². The van der Waals surface area contributed by atoms with Gasteiger partial charge in [-0.05, 0) is 34.8 Å². The number of hydrogen-bond acceptors (Lipinski definition) is 4. The lowest BCUT2D eigenvalue weighted by Crippen LogP contribution is -2.42. The van der Waals surface area contributed by atoms with Gasteiger partial charge < -0.3 is 16.2 Å². The number of fused-ring (bicyclic) bond motifs is 1. The van der Waals surface area contributed by atoms with Gasteiger partial charge in [0.05, 0.1) is 5.69 Å². The van der Waals surface area contributed by atoms with Crippen molar-refractivity contribution in [3.63, 3.8) is 0 Å². The second-order valence-corrected chi connectivity index (χ2v) is 7.57. The van der Waals surface area contributed by atoms with Crippen LogP contribution in [0.4, 0.5) is 11.4 Å². The molecule has 0 spiro atoms. The highest BCUT2D eigenvalue weighted by atomic mass is 16.5. The van der Waals surface area contributed by atoms with Crippen LogP contribution in [0.5, 0.6) is 5.75 Å². The Bertz CT molecular complexity index is 925. The molecular weight excluding hydrogens is 342 g/mol. The molecule has 1 aliphatic rings. The van der Waals surface area contributed by atoms with Gasteiger partial charge in [-0.3, -0.25) is 14.5 Å². The average molecular weight is 365 g/mol. The van der Waals surface area contributed by atoms with Gasteiger partial charge in [-0.1, -0.05) is 45.0 Å². The van der Waals surface area contributed by atoms with E-state index in [2.05, 4.69) is 20.8 Å². The number of hydrogen-bond donors (Lipinski definition) is 2. The largest absolute Gasteiger partial charge is 0.449 e. The molecule has 2 amide bonds. The number of carbonyl (C=O) groups excluding carboxylic acids is 2. The van der Waals surface area contributed by atoms with Crippen LogP contribution in [0.15, 0.2) is 48.2 Å². The Kier molecular flexibility index (Phi) is 4.66. The van der Waals surface area contributed by atoms with Crippen molar-refractivity contribution in [3.8, 4) is 5.75 Å². The van der Waals surface area contributed by atoms with Gasteiger partial charge >= 0.3 is 0 Å². The second-order valence-electron chi connectivity index (χ2n) is 7.57. The summed E-state index contributed by atoms with van der Waals surface area (Å²) in [6.07, 6.45) is 1.65. The first-order valence-corrected chi connectivity index (χ1v) is 8.65. The van der Waals surface area contributed by atoms with Crippen molar-refractivity contribution in [2.75, 3.05) is 17.2 Å². The van der Waals surface area contributed by atoms with E-state index in [0.717, 1.165) is 5.56 Å². The second kappa shape index (κ2) is 6.79. The van der Waals surface area contributed by atoms with Crippen LogP contribution in [0.1, 0.15) is 31.9 Å². The van der Waals surface area contributed by atoms with Crippen molar-refractivity contribution in [2.24, 2.45) is 5.73 Å². The van der Waals surface area contributed by atoms with E-state index < -0.39 is 11.8 Å². The summed E-state index contributed by atoms with van der Waals surface area (Å²) in [4.78, 5) is 25.6. The summed E-state index contributed by atoms with van der Waals surface area (Å²) in [6, 6.07) is 12.8. The topological polar surface area (TPSA) is 98.7 Å². The molecule has 1 aliphatic heterocycles. The third kappa shape index (κ3) is 3.95. The maximum atomic E-state index is 12.8. The highest BCUT2D eigenvalue weighted by Gasteiger charge is 2.31. The monoisotopic (exact) mass is 365 g/mol. The molecule has 6 nitrogen and oxygen atoms in total. The van der Waals surface area contributed by atoms with E-state index >= 15 is 0 Å². The van der Waals surface area contributed by atoms with Gasteiger partial charge in [-0.25, -0.2) is 0 Å². The highest BCUT2D eigenvalue weighted by Crippen LogP contribution is 2.37. The maximum Gasteiger partial charge on any atom is 0.294 e. The molecular formula is C21H23N3O3. The Morgan fingerprint density at radius 3 is 2.41 bits per heavy atom. The van der Waals surface area contributed by atoms with Gasteiger partial charge in [-0.15, -0.1) is 0 Å². The first-order chi connectivity index (χ1) is 12.6. The van der Waals surface area contributed by atoms with E-state index in [4.69, 9.17) is 16.2 Å². The molecule has 2 aromatic rings. The standard InChI is InChI=1S/C21H23N3O3/c1-21(2,3)14-6-4-13(5-7-14)10-18-20(26)24(12-19(23)25)16-9-8-15(22)11-17(16)27-18/h4-11H,12,22H2,1-3H3,(H2,23,25)/b18-10+. The predicted octanol–water partition coefficient (Wildman–Crippen LogP) is 2.82. The molecule has 0 atom stereocenters. The lowest BCUT2D eigenvalue weighted by atomic mass is 9.87. The van der Waals surface area contributed by atoms with Gasteiger partial charge in [-0.2, -0.15) is 0 Å². The fourth-order valence-electron chi connectivity index (χ4n) is 2.87. The first kappa shape index (κ1) is 18.5. The molecule has 140 valence electrons. The Balaban J connectivity index is 1.99. The van der Waals surface area contributed by atoms with E-state index in [9.17, 15) is 9.59 Å². The van der Waals surface area contributed by atoms with Crippen molar-refractivity contribution in [2.45, 2.75) is 26.2 Å². The molecule has 0 fully saturated rings. The van der Waals surface area contributed by atoms with Crippen molar-refractivity contribution < 1.29 is 14.3 Å². The average Bonchev–Trinajstić information content (AvgIpc) is 2.58. The van der Waals surface area contributed by atoms with E-state index in [0.29, 0.717) is 17.1 Å². The van der Waals surface area contributed by atoms with Crippen LogP contribution in [0.25, 0.3) is 6.08 Å². The zero-order valence-electron chi connectivity index (χ0n) is 15.7. The summed E-state index contributed by atoms with van der Waals surface area (Å²) >= 11 is 0. The quantitative estimate of drug-likeness (QED) is 0.645. The number of nitrogens with zero attached hydrogens (tertiary/aromatic N) is 1. The summed E-state index contributed by atoms with van der Waals surface area (Å²) in [7, 11) is 0. The number of nitrogens with two attached hydrogens (primary N) is 2. The van der Waals surface area contributed by atoms with Crippen molar-refractivity contribution in [1.82, 2.24) is 0 Å². The van der Waals surface area contributed by atoms with Crippen LogP contribution < -0.4 is 21.1 Å². The predicted molar refractivity (Wildman–Crippen MR) is 106 cm³/mol. The zero-order chi connectivity index (χ0) is 19.8. The Labute approximate surface area is 158 Å². The summed E-state index contributed by atoms with van der Waals surface area (Å²) in [5, 5.41) is 0. The smallest absolute Gasteiger partial charge is 0.294 e. The molecule has 0 radical (unpaired) electrons. The number of carbonyl (C=O) groups is 2. The molecule has 4 N–H and O–H groups in total. The van der Waals surface area contributed by atoms with E-state index in [1.54, 1.807) is 24.3 Å². The molecule has 0 unspecified atom stereocenters. The van der Waals surface area contributed by atoms with Crippen LogP contribution in [-0.2, 0) is 15.0 Å². The summed E-state index contributed by atoms with van der Waals surface area (Å²) in [5.41, 5.74) is 14.1. The molecule has 1 heterocycles. The Morgan fingerprint density at radius 1 is 1.15 bits per heavy atom. The van der Waals surface area contributed by atoms with Crippen LogP contribution in [0, 0.1) is 0 Å². The van der Waals surface area contributed by atoms with Crippen molar-refractivity contribution in [1.29, 1.82) is 0 Å². The molecule has 0 saturated carbocycles. The Morgan fingerprint density at radius 2 is 1.81 bits per heavy atom. The molecule has 2 aromatic carbocycles. The van der Waals surface area contributed by atoms with Gasteiger partial charge in [0.1, 0.15) is 6.54 Å². The number of nitrogen functional groups attached to an aromatic ring is 1. The molecule has 6 heteroatoms. The van der Waals surface area contributed by atoms with Crippen molar-refractivity contribution in [3.05, 3.63) is 59.4 Å². The van der Waals surface area contributed by atoms with Crippen LogP contribution in [-0.4, -0.2) is 18.4 Å². The highest BCUT2D eigenvalue weighted by molar-refractivity contribution is 6.12. The van der Waals surface area contributed by atoms with Gasteiger partial charge in [0, 0.05) is 11.8 Å². The lowest BCUT2D eigenvalue weighted by molar-refractivity contribution is -0.121. The normalized spacial score (nSPS) is 15.4. The first-order valence-electron chi connectivity index (χ1n) is 8.65. The zero-order valence-corrected chi connectivity index (χ0v) is 15.7. The molecule has 0 bridgehead atoms. The maximum absolute atomic E-state index is 12.8. The SMILES string of the molecule is CC(C)(C)c1ccc(/C=C2/Oc3cc(N)ccc3N(CC(N)=O)C2=O)cc1. The van der Waals surface area contributed by atoms with Crippen molar-refractivity contribution >= 4 is 29.3 Å². The third-order valence-corrected chi connectivity index (χ3v) is 4.34. The number of ether oxygens (including phenoxy) is 1. The van der Waals surface area contributed by atoms with Crippen LogP contribution in [0.2, 0.25) is 0 Å². The molecule has 27 heavy (non-hydrogen) atoms. The molecule has 0 saturated heterocycles. The number of amides is 2.